The van der Waals surface area contributed by atoms with Gasteiger partial charge in [0.25, 0.3) is 0 Å². The lowest BCUT2D eigenvalue weighted by Crippen LogP contribution is -2.24. The van der Waals surface area contributed by atoms with Crippen LogP contribution < -0.4 is 5.73 Å². The third-order valence-corrected chi connectivity index (χ3v) is 6.60. The van der Waals surface area contributed by atoms with Crippen LogP contribution >= 0.6 is 0 Å². The van der Waals surface area contributed by atoms with Gasteiger partial charge in [-0.2, -0.15) is 0 Å². The van der Waals surface area contributed by atoms with Crippen LogP contribution in [-0.2, 0) is 12.8 Å². The maximum absolute atomic E-state index is 6.63. The van der Waals surface area contributed by atoms with Crippen LogP contribution in [0.25, 0.3) is 0 Å². The third kappa shape index (κ3) is 10.3. The molecule has 2 N–H and O–H groups in total. The molecule has 0 aliphatic rings. The molecule has 1 rings (SSSR count). The van der Waals surface area contributed by atoms with Crippen LogP contribution in [0.2, 0.25) is 0 Å². The number of hydrogen-bond donors (Lipinski definition) is 1. The Labute approximate surface area is 193 Å². The fraction of sp³-hybridized carbons (Fsp3) is 0.567. The van der Waals surface area contributed by atoms with Gasteiger partial charge in [0.15, 0.2) is 0 Å². The SMILES string of the molecule is C=C=CCCC(CC)/C(N)=C/C(Cc1cccc(CC(CC)CCC=C)c1)C(C)(C)C. The summed E-state index contributed by atoms with van der Waals surface area (Å²) in [5.74, 6) is 1.57. The number of hydrogen-bond acceptors (Lipinski definition) is 1. The molecular formula is C30H47N. The zero-order chi connectivity index (χ0) is 23.3. The molecule has 0 radical (unpaired) electrons. The predicted molar refractivity (Wildman–Crippen MR) is 139 cm³/mol. The molecule has 0 saturated carbocycles. The summed E-state index contributed by atoms with van der Waals surface area (Å²) < 4.78 is 0. The average Bonchev–Trinajstić information content (AvgIpc) is 2.73. The van der Waals surface area contributed by atoms with Gasteiger partial charge in [-0.15, -0.1) is 12.3 Å². The first-order valence-corrected chi connectivity index (χ1v) is 12.2. The van der Waals surface area contributed by atoms with E-state index in [1.165, 1.54) is 24.0 Å². The number of nitrogens with two attached hydrogens (primary N) is 1. The summed E-state index contributed by atoms with van der Waals surface area (Å²) >= 11 is 0. The first-order chi connectivity index (χ1) is 14.7. The van der Waals surface area contributed by atoms with Crippen molar-refractivity contribution in [1.29, 1.82) is 0 Å². The molecule has 172 valence electrons. The second kappa shape index (κ2) is 14.2. The summed E-state index contributed by atoms with van der Waals surface area (Å²) in [6.07, 6.45) is 15.3. The third-order valence-electron chi connectivity index (χ3n) is 6.60. The highest BCUT2D eigenvalue weighted by molar-refractivity contribution is 5.25. The summed E-state index contributed by atoms with van der Waals surface area (Å²) in [6, 6.07) is 9.22. The topological polar surface area (TPSA) is 26.0 Å². The molecule has 31 heavy (non-hydrogen) atoms. The molecular weight excluding hydrogens is 374 g/mol. The standard InChI is InChI=1S/C30H47N/c1-8-12-14-19-27(11-4)29(31)23-28(30(5,6)7)22-26-18-15-17-25(21-26)20-24(10-3)16-13-9-2/h9,12,15,17-18,21,23-24,27-28H,1-2,10-11,13-14,16,19-20,22,31H2,3-7H3/b29-23-. The zero-order valence-corrected chi connectivity index (χ0v) is 20.9. The quantitative estimate of drug-likeness (QED) is 0.237. The van der Waals surface area contributed by atoms with Crippen molar-refractivity contribution >= 4 is 0 Å². The van der Waals surface area contributed by atoms with E-state index in [2.05, 4.69) is 83.8 Å². The zero-order valence-electron chi connectivity index (χ0n) is 20.9. The summed E-state index contributed by atoms with van der Waals surface area (Å²) in [7, 11) is 0. The molecule has 0 bridgehead atoms. The molecule has 0 amide bonds. The van der Waals surface area contributed by atoms with Crippen LogP contribution in [0, 0.1) is 23.2 Å². The van der Waals surface area contributed by atoms with Crippen molar-refractivity contribution in [2.75, 3.05) is 0 Å². The molecule has 1 nitrogen and oxygen atoms in total. The molecule has 0 fully saturated rings. The number of benzene rings is 1. The summed E-state index contributed by atoms with van der Waals surface area (Å²) in [6.45, 7) is 19.1. The van der Waals surface area contributed by atoms with Gasteiger partial charge in [0.1, 0.15) is 0 Å². The molecule has 0 aliphatic carbocycles. The van der Waals surface area contributed by atoms with Gasteiger partial charge in [-0.25, -0.2) is 0 Å². The monoisotopic (exact) mass is 421 g/mol. The molecule has 0 spiro atoms. The van der Waals surface area contributed by atoms with E-state index in [-0.39, 0.29) is 5.41 Å². The van der Waals surface area contributed by atoms with E-state index in [0.29, 0.717) is 11.8 Å². The highest BCUT2D eigenvalue weighted by atomic mass is 14.6. The van der Waals surface area contributed by atoms with Gasteiger partial charge in [-0.05, 0) is 85.3 Å². The lowest BCUT2D eigenvalue weighted by molar-refractivity contribution is 0.288. The molecule has 3 unspecified atom stereocenters. The van der Waals surface area contributed by atoms with Crippen molar-refractivity contribution in [2.45, 2.75) is 86.0 Å². The smallest absolute Gasteiger partial charge is 0.00746 e. The Morgan fingerprint density at radius 2 is 1.74 bits per heavy atom. The molecule has 0 aromatic heterocycles. The van der Waals surface area contributed by atoms with E-state index >= 15 is 0 Å². The van der Waals surface area contributed by atoms with Crippen molar-refractivity contribution in [2.24, 2.45) is 28.9 Å². The Kier molecular flexibility index (Phi) is 12.4. The molecule has 0 aliphatic heterocycles. The van der Waals surface area contributed by atoms with Gasteiger partial charge < -0.3 is 5.73 Å². The van der Waals surface area contributed by atoms with Gasteiger partial charge in [0, 0.05) is 5.70 Å². The molecule has 1 aromatic rings. The van der Waals surface area contributed by atoms with Crippen LogP contribution in [0.5, 0.6) is 0 Å². The molecule has 1 heteroatoms. The van der Waals surface area contributed by atoms with E-state index in [1.807, 2.05) is 12.2 Å². The lowest BCUT2D eigenvalue weighted by atomic mass is 9.75. The van der Waals surface area contributed by atoms with Gasteiger partial charge in [0.05, 0.1) is 0 Å². The highest BCUT2D eigenvalue weighted by Crippen LogP contribution is 2.33. The van der Waals surface area contributed by atoms with Gasteiger partial charge in [-0.1, -0.05) is 84.0 Å². The Balaban J connectivity index is 2.99. The van der Waals surface area contributed by atoms with E-state index in [1.54, 1.807) is 0 Å². The first kappa shape index (κ1) is 27.1. The fourth-order valence-electron chi connectivity index (χ4n) is 4.25. The fourth-order valence-corrected chi connectivity index (χ4v) is 4.25. The maximum atomic E-state index is 6.63. The van der Waals surface area contributed by atoms with Crippen molar-refractivity contribution in [3.05, 3.63) is 78.2 Å². The van der Waals surface area contributed by atoms with Gasteiger partial charge in [-0.3, -0.25) is 0 Å². The Bertz CT molecular complexity index is 727. The molecule has 0 heterocycles. The van der Waals surface area contributed by atoms with E-state index in [0.717, 1.165) is 50.1 Å². The Hall–Kier alpha value is -1.98. The van der Waals surface area contributed by atoms with Crippen molar-refractivity contribution in [3.63, 3.8) is 0 Å². The van der Waals surface area contributed by atoms with E-state index in [9.17, 15) is 0 Å². The van der Waals surface area contributed by atoms with Crippen molar-refractivity contribution in [1.82, 2.24) is 0 Å². The van der Waals surface area contributed by atoms with Crippen molar-refractivity contribution in [3.8, 4) is 0 Å². The second-order valence-electron chi connectivity index (χ2n) is 10.1. The minimum Gasteiger partial charge on any atom is -0.402 e. The summed E-state index contributed by atoms with van der Waals surface area (Å²) in [5, 5.41) is 0. The second-order valence-corrected chi connectivity index (χ2v) is 10.1. The summed E-state index contributed by atoms with van der Waals surface area (Å²) in [4.78, 5) is 0. The molecule has 1 aromatic carbocycles. The Morgan fingerprint density at radius 3 is 2.29 bits per heavy atom. The van der Waals surface area contributed by atoms with Crippen LogP contribution in [0.1, 0.15) is 84.3 Å². The molecule has 0 saturated heterocycles. The lowest BCUT2D eigenvalue weighted by Gasteiger charge is -2.30. The van der Waals surface area contributed by atoms with Crippen LogP contribution in [0.4, 0.5) is 0 Å². The predicted octanol–water partition coefficient (Wildman–Crippen LogP) is 8.42. The summed E-state index contributed by atoms with van der Waals surface area (Å²) in [5.41, 5.74) is 13.6. The maximum Gasteiger partial charge on any atom is 0.00746 e. The van der Waals surface area contributed by atoms with Gasteiger partial charge in [0.2, 0.25) is 0 Å². The average molecular weight is 422 g/mol. The minimum absolute atomic E-state index is 0.163. The van der Waals surface area contributed by atoms with Crippen molar-refractivity contribution < 1.29 is 0 Å². The van der Waals surface area contributed by atoms with Crippen LogP contribution in [0.15, 0.2) is 67.1 Å². The van der Waals surface area contributed by atoms with E-state index < -0.39 is 0 Å². The number of rotatable bonds is 14. The van der Waals surface area contributed by atoms with Gasteiger partial charge >= 0.3 is 0 Å². The van der Waals surface area contributed by atoms with E-state index in [4.69, 9.17) is 5.73 Å². The largest absolute Gasteiger partial charge is 0.402 e. The minimum atomic E-state index is 0.163. The number of allylic oxidation sites excluding steroid dienone is 4. The Morgan fingerprint density at radius 1 is 1.06 bits per heavy atom. The molecule has 3 atom stereocenters. The van der Waals surface area contributed by atoms with Crippen LogP contribution in [0.3, 0.4) is 0 Å². The first-order valence-electron chi connectivity index (χ1n) is 12.2. The normalized spacial score (nSPS) is 15.1. The highest BCUT2D eigenvalue weighted by Gasteiger charge is 2.24. The van der Waals surface area contributed by atoms with Crippen LogP contribution in [-0.4, -0.2) is 0 Å².